The summed E-state index contributed by atoms with van der Waals surface area (Å²) >= 11 is 5.99. The number of ether oxygens (including phenoxy) is 2. The number of methoxy groups -OCH3 is 1. The summed E-state index contributed by atoms with van der Waals surface area (Å²) < 4.78 is 40.1. The molecule has 0 spiro atoms. The van der Waals surface area contributed by atoms with Crippen LogP contribution in [0.4, 0.5) is 8.78 Å². The predicted molar refractivity (Wildman–Crippen MR) is 102 cm³/mol. The highest BCUT2D eigenvalue weighted by Crippen LogP contribution is 2.30. The van der Waals surface area contributed by atoms with Gasteiger partial charge in [0, 0.05) is 22.5 Å². The zero-order valence-corrected chi connectivity index (χ0v) is 16.0. The molecule has 0 bridgehead atoms. The van der Waals surface area contributed by atoms with Crippen molar-refractivity contribution in [3.05, 3.63) is 58.3 Å². The number of benzene rings is 2. The summed E-state index contributed by atoms with van der Waals surface area (Å²) in [4.78, 5) is 12.4. The van der Waals surface area contributed by atoms with Gasteiger partial charge >= 0.3 is 6.61 Å². The third-order valence-electron chi connectivity index (χ3n) is 4.25. The minimum atomic E-state index is -2.95. The summed E-state index contributed by atoms with van der Waals surface area (Å²) in [6.45, 7) is -0.876. The summed E-state index contributed by atoms with van der Waals surface area (Å²) in [5, 5.41) is 4.11. The van der Waals surface area contributed by atoms with Crippen molar-refractivity contribution in [2.75, 3.05) is 13.7 Å². The maximum atomic E-state index is 12.5. The summed E-state index contributed by atoms with van der Waals surface area (Å²) in [7, 11) is 1.37. The number of nitrogens with one attached hydrogen (secondary N) is 1. The van der Waals surface area contributed by atoms with E-state index in [0.29, 0.717) is 28.2 Å². The van der Waals surface area contributed by atoms with Gasteiger partial charge < -0.3 is 19.2 Å². The van der Waals surface area contributed by atoms with E-state index in [1.807, 2.05) is 0 Å². The zero-order chi connectivity index (χ0) is 20.3. The quantitative estimate of drug-likeness (QED) is 0.598. The SMILES string of the molecule is COc1ccc(CCNC(=O)c2oc3ccc(Cl)cc3c2C)cc1OC(F)F. The first-order valence-electron chi connectivity index (χ1n) is 8.47. The Balaban J connectivity index is 1.66. The Hall–Kier alpha value is -2.80. The van der Waals surface area contributed by atoms with Crippen LogP contribution in [0.5, 0.6) is 11.5 Å². The maximum absolute atomic E-state index is 12.5. The molecule has 0 atom stereocenters. The van der Waals surface area contributed by atoms with Crippen LogP contribution < -0.4 is 14.8 Å². The lowest BCUT2D eigenvalue weighted by molar-refractivity contribution is -0.0512. The summed E-state index contributed by atoms with van der Waals surface area (Å²) in [5.74, 6) is 0.0205. The average molecular weight is 410 g/mol. The molecule has 0 aliphatic carbocycles. The van der Waals surface area contributed by atoms with E-state index < -0.39 is 6.61 Å². The van der Waals surface area contributed by atoms with Gasteiger partial charge in [0.2, 0.25) is 0 Å². The van der Waals surface area contributed by atoms with Gasteiger partial charge in [-0.3, -0.25) is 4.79 Å². The van der Waals surface area contributed by atoms with Gasteiger partial charge in [0.05, 0.1) is 7.11 Å². The van der Waals surface area contributed by atoms with Gasteiger partial charge in [0.25, 0.3) is 5.91 Å². The van der Waals surface area contributed by atoms with Crippen LogP contribution in [0.15, 0.2) is 40.8 Å². The second kappa shape index (κ2) is 8.48. The number of fused-ring (bicyclic) bond motifs is 1. The molecule has 1 N–H and O–H groups in total. The normalized spacial score (nSPS) is 11.1. The molecule has 2 aromatic carbocycles. The molecule has 148 valence electrons. The number of furan rings is 1. The number of halogens is 3. The minimum absolute atomic E-state index is 0.0497. The van der Waals surface area contributed by atoms with Crippen LogP contribution in [0.2, 0.25) is 5.02 Å². The molecule has 0 aliphatic rings. The monoisotopic (exact) mass is 409 g/mol. The smallest absolute Gasteiger partial charge is 0.387 e. The Labute approximate surface area is 165 Å². The summed E-state index contributed by atoms with van der Waals surface area (Å²) in [6, 6.07) is 9.88. The van der Waals surface area contributed by atoms with Gasteiger partial charge in [0.1, 0.15) is 5.58 Å². The van der Waals surface area contributed by atoms with Crippen molar-refractivity contribution in [3.8, 4) is 11.5 Å². The highest BCUT2D eigenvalue weighted by atomic mass is 35.5. The van der Waals surface area contributed by atoms with Crippen LogP contribution in [0.3, 0.4) is 0 Å². The molecular weight excluding hydrogens is 392 g/mol. The molecule has 0 radical (unpaired) electrons. The molecule has 5 nitrogen and oxygen atoms in total. The first-order chi connectivity index (χ1) is 13.4. The highest BCUT2D eigenvalue weighted by molar-refractivity contribution is 6.31. The third kappa shape index (κ3) is 4.36. The Morgan fingerprint density at radius 1 is 1.21 bits per heavy atom. The van der Waals surface area contributed by atoms with E-state index >= 15 is 0 Å². The van der Waals surface area contributed by atoms with E-state index in [-0.39, 0.29) is 29.7 Å². The van der Waals surface area contributed by atoms with Gasteiger partial charge in [-0.1, -0.05) is 17.7 Å². The molecule has 0 unspecified atom stereocenters. The van der Waals surface area contributed by atoms with Crippen LogP contribution in [0.1, 0.15) is 21.7 Å². The highest BCUT2D eigenvalue weighted by Gasteiger charge is 2.18. The van der Waals surface area contributed by atoms with Crippen molar-refractivity contribution < 1.29 is 27.5 Å². The third-order valence-corrected chi connectivity index (χ3v) is 4.48. The van der Waals surface area contributed by atoms with Gasteiger partial charge in [-0.2, -0.15) is 8.78 Å². The fourth-order valence-electron chi connectivity index (χ4n) is 2.88. The number of aryl methyl sites for hydroxylation is 1. The fraction of sp³-hybridized carbons (Fsp3) is 0.250. The average Bonchev–Trinajstić information content (AvgIpc) is 2.98. The summed E-state index contributed by atoms with van der Waals surface area (Å²) in [6.07, 6.45) is 0.417. The number of hydrogen-bond acceptors (Lipinski definition) is 4. The number of hydrogen-bond donors (Lipinski definition) is 1. The van der Waals surface area contributed by atoms with Gasteiger partial charge in [-0.05, 0) is 49.2 Å². The molecule has 8 heteroatoms. The fourth-order valence-corrected chi connectivity index (χ4v) is 3.05. The molecular formula is C20H18ClF2NO4. The summed E-state index contributed by atoms with van der Waals surface area (Å²) in [5.41, 5.74) is 1.99. The predicted octanol–water partition coefficient (Wildman–Crippen LogP) is 4.98. The van der Waals surface area contributed by atoms with Gasteiger partial charge in [-0.15, -0.1) is 0 Å². The molecule has 1 amide bonds. The van der Waals surface area contributed by atoms with E-state index in [4.69, 9.17) is 20.8 Å². The topological polar surface area (TPSA) is 60.7 Å². The second-order valence-corrected chi connectivity index (χ2v) is 6.50. The lowest BCUT2D eigenvalue weighted by atomic mass is 10.1. The molecule has 3 aromatic rings. The number of carbonyl (C=O) groups excluding carboxylic acids is 1. The Bertz CT molecular complexity index is 1000. The minimum Gasteiger partial charge on any atom is -0.493 e. The van der Waals surface area contributed by atoms with E-state index in [1.165, 1.54) is 13.2 Å². The molecule has 1 aromatic heterocycles. The van der Waals surface area contributed by atoms with Crippen LogP contribution in [0, 0.1) is 6.92 Å². The van der Waals surface area contributed by atoms with E-state index in [0.717, 1.165) is 5.39 Å². The Morgan fingerprint density at radius 2 is 2.00 bits per heavy atom. The van der Waals surface area contributed by atoms with Crippen LogP contribution in [0.25, 0.3) is 11.0 Å². The van der Waals surface area contributed by atoms with Crippen molar-refractivity contribution in [2.45, 2.75) is 20.0 Å². The number of amides is 1. The van der Waals surface area contributed by atoms with Gasteiger partial charge in [-0.25, -0.2) is 0 Å². The Kier molecular flexibility index (Phi) is 6.04. The maximum Gasteiger partial charge on any atom is 0.387 e. The lowest BCUT2D eigenvalue weighted by Gasteiger charge is -2.11. The van der Waals surface area contributed by atoms with Crippen molar-refractivity contribution in [1.29, 1.82) is 0 Å². The molecule has 28 heavy (non-hydrogen) atoms. The molecule has 0 fully saturated rings. The van der Waals surface area contributed by atoms with Crippen LogP contribution in [-0.4, -0.2) is 26.2 Å². The van der Waals surface area contributed by atoms with E-state index in [1.54, 1.807) is 37.3 Å². The van der Waals surface area contributed by atoms with E-state index in [9.17, 15) is 13.6 Å². The molecule has 0 saturated heterocycles. The first-order valence-corrected chi connectivity index (χ1v) is 8.85. The van der Waals surface area contributed by atoms with Crippen molar-refractivity contribution in [3.63, 3.8) is 0 Å². The van der Waals surface area contributed by atoms with Crippen LogP contribution >= 0.6 is 11.6 Å². The van der Waals surface area contributed by atoms with Crippen molar-refractivity contribution in [2.24, 2.45) is 0 Å². The second-order valence-electron chi connectivity index (χ2n) is 6.07. The first kappa shape index (κ1) is 19.9. The molecule has 1 heterocycles. The zero-order valence-electron chi connectivity index (χ0n) is 15.2. The lowest BCUT2D eigenvalue weighted by Crippen LogP contribution is -2.25. The number of alkyl halides is 2. The molecule has 0 aliphatic heterocycles. The van der Waals surface area contributed by atoms with Crippen molar-refractivity contribution >= 4 is 28.5 Å². The van der Waals surface area contributed by atoms with Crippen molar-refractivity contribution in [1.82, 2.24) is 5.32 Å². The number of carbonyl (C=O) groups is 1. The Morgan fingerprint density at radius 3 is 2.71 bits per heavy atom. The molecule has 0 saturated carbocycles. The largest absolute Gasteiger partial charge is 0.493 e. The van der Waals surface area contributed by atoms with E-state index in [2.05, 4.69) is 10.1 Å². The van der Waals surface area contributed by atoms with Crippen LogP contribution in [-0.2, 0) is 6.42 Å². The standard InChI is InChI=1S/C20H18ClF2NO4/c1-11-14-10-13(21)4-6-15(14)27-18(11)19(25)24-8-7-12-3-5-16(26-2)17(9-12)28-20(22)23/h3-6,9-10,20H,7-8H2,1-2H3,(H,24,25). The number of rotatable bonds is 7. The molecule has 3 rings (SSSR count). The van der Waals surface area contributed by atoms with Gasteiger partial charge in [0.15, 0.2) is 17.3 Å².